The van der Waals surface area contributed by atoms with E-state index < -0.39 is 11.8 Å². The summed E-state index contributed by atoms with van der Waals surface area (Å²) >= 11 is 5.95. The highest BCUT2D eigenvalue weighted by atomic mass is 35.5. The van der Waals surface area contributed by atoms with Crippen molar-refractivity contribution in [2.24, 2.45) is 0 Å². The minimum absolute atomic E-state index is 0.140. The first-order valence-electron chi connectivity index (χ1n) is 6.55. The molecule has 2 aromatic rings. The highest BCUT2D eigenvalue weighted by Crippen LogP contribution is 2.19. The average molecular weight is 321 g/mol. The molecular formula is C16H14ClFN2O2. The summed E-state index contributed by atoms with van der Waals surface area (Å²) in [6.45, 7) is 1.98. The normalized spacial score (nSPS) is 10.1. The molecular weight excluding hydrogens is 307 g/mol. The number of amides is 2. The zero-order valence-corrected chi connectivity index (χ0v) is 12.6. The molecule has 0 aromatic heterocycles. The Morgan fingerprint density at radius 1 is 1.09 bits per heavy atom. The van der Waals surface area contributed by atoms with Crippen molar-refractivity contribution in [2.75, 3.05) is 5.32 Å². The van der Waals surface area contributed by atoms with Crippen LogP contribution in [-0.4, -0.2) is 11.8 Å². The fourth-order valence-electron chi connectivity index (χ4n) is 1.72. The molecule has 0 spiro atoms. The molecule has 0 fully saturated rings. The van der Waals surface area contributed by atoms with Gasteiger partial charge >= 0.3 is 11.8 Å². The van der Waals surface area contributed by atoms with Crippen LogP contribution >= 0.6 is 11.6 Å². The number of anilines is 1. The van der Waals surface area contributed by atoms with Gasteiger partial charge in [0.2, 0.25) is 0 Å². The second-order valence-electron chi connectivity index (χ2n) is 4.73. The van der Waals surface area contributed by atoms with Gasteiger partial charge in [-0.1, -0.05) is 29.8 Å². The van der Waals surface area contributed by atoms with Crippen LogP contribution in [0.15, 0.2) is 42.5 Å². The van der Waals surface area contributed by atoms with Crippen LogP contribution in [0.4, 0.5) is 10.1 Å². The Hall–Kier alpha value is -2.40. The Morgan fingerprint density at radius 3 is 2.41 bits per heavy atom. The second kappa shape index (κ2) is 7.04. The molecule has 0 radical (unpaired) electrons. The van der Waals surface area contributed by atoms with E-state index in [4.69, 9.17) is 11.6 Å². The van der Waals surface area contributed by atoms with Crippen LogP contribution in [0.5, 0.6) is 0 Å². The van der Waals surface area contributed by atoms with Crippen LogP contribution in [0.1, 0.15) is 11.1 Å². The molecule has 0 atom stereocenters. The maximum absolute atomic E-state index is 12.8. The van der Waals surface area contributed by atoms with Gasteiger partial charge < -0.3 is 10.6 Å². The second-order valence-corrected chi connectivity index (χ2v) is 5.13. The van der Waals surface area contributed by atoms with Crippen molar-refractivity contribution in [3.8, 4) is 0 Å². The smallest absolute Gasteiger partial charge is 0.313 e. The molecule has 2 aromatic carbocycles. The Labute approximate surface area is 132 Å². The van der Waals surface area contributed by atoms with Crippen LogP contribution in [0.25, 0.3) is 0 Å². The number of benzene rings is 2. The molecule has 0 saturated heterocycles. The molecule has 0 bridgehead atoms. The standard InChI is InChI=1S/C16H14ClFN2O2/c1-10-2-7-13(8-14(10)17)20-16(22)15(21)19-9-11-3-5-12(18)6-4-11/h2-8H,9H2,1H3,(H,19,21)(H,20,22). The van der Waals surface area contributed by atoms with Crippen molar-refractivity contribution in [1.29, 1.82) is 0 Å². The molecule has 0 aliphatic rings. The SMILES string of the molecule is Cc1ccc(NC(=O)C(=O)NCc2ccc(F)cc2)cc1Cl. The zero-order chi connectivity index (χ0) is 16.1. The maximum atomic E-state index is 12.8. The van der Waals surface area contributed by atoms with E-state index in [9.17, 15) is 14.0 Å². The van der Waals surface area contributed by atoms with E-state index in [0.29, 0.717) is 16.3 Å². The Bertz CT molecular complexity index is 702. The Balaban J connectivity index is 1.90. The summed E-state index contributed by atoms with van der Waals surface area (Å²) in [4.78, 5) is 23.5. The predicted octanol–water partition coefficient (Wildman–Crippen LogP) is 3.04. The van der Waals surface area contributed by atoms with E-state index in [2.05, 4.69) is 10.6 Å². The van der Waals surface area contributed by atoms with E-state index >= 15 is 0 Å². The van der Waals surface area contributed by atoms with Crippen molar-refractivity contribution in [2.45, 2.75) is 13.5 Å². The van der Waals surface area contributed by atoms with E-state index in [0.717, 1.165) is 5.56 Å². The monoisotopic (exact) mass is 320 g/mol. The van der Waals surface area contributed by atoms with Crippen molar-refractivity contribution < 1.29 is 14.0 Å². The molecule has 4 nitrogen and oxygen atoms in total. The van der Waals surface area contributed by atoms with Crippen molar-refractivity contribution >= 4 is 29.1 Å². The molecule has 22 heavy (non-hydrogen) atoms. The molecule has 0 unspecified atom stereocenters. The lowest BCUT2D eigenvalue weighted by Gasteiger charge is -2.08. The van der Waals surface area contributed by atoms with Gasteiger partial charge in [0.25, 0.3) is 0 Å². The predicted molar refractivity (Wildman–Crippen MR) is 83.1 cm³/mol. The summed E-state index contributed by atoms with van der Waals surface area (Å²) in [6.07, 6.45) is 0. The van der Waals surface area contributed by atoms with Crippen LogP contribution in [-0.2, 0) is 16.1 Å². The van der Waals surface area contributed by atoms with E-state index in [-0.39, 0.29) is 12.4 Å². The summed E-state index contributed by atoms with van der Waals surface area (Å²) in [5.74, 6) is -1.92. The topological polar surface area (TPSA) is 58.2 Å². The van der Waals surface area contributed by atoms with E-state index in [1.54, 1.807) is 18.2 Å². The van der Waals surface area contributed by atoms with Crippen LogP contribution in [0, 0.1) is 12.7 Å². The van der Waals surface area contributed by atoms with Gasteiger partial charge in [-0.25, -0.2) is 4.39 Å². The molecule has 0 aliphatic carbocycles. The quantitative estimate of drug-likeness (QED) is 0.854. The third-order valence-corrected chi connectivity index (χ3v) is 3.41. The van der Waals surface area contributed by atoms with E-state index in [1.807, 2.05) is 6.92 Å². The van der Waals surface area contributed by atoms with Gasteiger partial charge in [0.1, 0.15) is 5.82 Å². The Kier molecular flexibility index (Phi) is 5.12. The number of hydrogen-bond acceptors (Lipinski definition) is 2. The lowest BCUT2D eigenvalue weighted by atomic mass is 10.2. The molecule has 0 heterocycles. The highest BCUT2D eigenvalue weighted by Gasteiger charge is 2.13. The van der Waals surface area contributed by atoms with Gasteiger partial charge in [-0.15, -0.1) is 0 Å². The van der Waals surface area contributed by atoms with Crippen LogP contribution in [0.2, 0.25) is 5.02 Å². The van der Waals surface area contributed by atoms with Gasteiger partial charge in [0.05, 0.1) is 0 Å². The summed E-state index contributed by atoms with van der Waals surface area (Å²) in [7, 11) is 0. The number of nitrogens with one attached hydrogen (secondary N) is 2. The van der Waals surface area contributed by atoms with Gasteiger partial charge in [0, 0.05) is 17.3 Å². The van der Waals surface area contributed by atoms with Crippen molar-refractivity contribution in [3.05, 3.63) is 64.4 Å². The van der Waals surface area contributed by atoms with Gasteiger partial charge in [0.15, 0.2) is 0 Å². The first-order chi connectivity index (χ1) is 10.5. The number of carbonyl (C=O) groups is 2. The fraction of sp³-hybridized carbons (Fsp3) is 0.125. The molecule has 0 saturated carbocycles. The average Bonchev–Trinajstić information content (AvgIpc) is 2.50. The molecule has 114 valence electrons. The first kappa shape index (κ1) is 16.0. The van der Waals surface area contributed by atoms with Gasteiger partial charge in [-0.3, -0.25) is 9.59 Å². The number of hydrogen-bond donors (Lipinski definition) is 2. The maximum Gasteiger partial charge on any atom is 0.313 e. The van der Waals surface area contributed by atoms with Crippen LogP contribution in [0.3, 0.4) is 0 Å². The van der Waals surface area contributed by atoms with E-state index in [1.165, 1.54) is 24.3 Å². The molecule has 2 N–H and O–H groups in total. The minimum Gasteiger partial charge on any atom is -0.344 e. The summed E-state index contributed by atoms with van der Waals surface area (Å²) < 4.78 is 12.8. The number of rotatable bonds is 3. The molecule has 2 rings (SSSR count). The first-order valence-corrected chi connectivity index (χ1v) is 6.93. The third-order valence-electron chi connectivity index (χ3n) is 3.00. The number of halogens is 2. The lowest BCUT2D eigenvalue weighted by Crippen LogP contribution is -2.34. The summed E-state index contributed by atoms with van der Waals surface area (Å²) in [5, 5.41) is 5.42. The van der Waals surface area contributed by atoms with Gasteiger partial charge in [-0.05, 0) is 42.3 Å². The van der Waals surface area contributed by atoms with Gasteiger partial charge in [-0.2, -0.15) is 0 Å². The van der Waals surface area contributed by atoms with Crippen molar-refractivity contribution in [1.82, 2.24) is 5.32 Å². The third kappa shape index (κ3) is 4.30. The number of aryl methyl sites for hydroxylation is 1. The molecule has 2 amide bonds. The van der Waals surface area contributed by atoms with Crippen LogP contribution < -0.4 is 10.6 Å². The lowest BCUT2D eigenvalue weighted by molar-refractivity contribution is -0.136. The summed E-state index contributed by atoms with van der Waals surface area (Å²) in [6, 6.07) is 10.6. The minimum atomic E-state index is -0.790. The largest absolute Gasteiger partial charge is 0.344 e. The number of carbonyl (C=O) groups excluding carboxylic acids is 2. The molecule has 6 heteroatoms. The zero-order valence-electron chi connectivity index (χ0n) is 11.8. The highest BCUT2D eigenvalue weighted by molar-refractivity contribution is 6.39. The molecule has 0 aliphatic heterocycles. The summed E-state index contributed by atoms with van der Waals surface area (Å²) in [5.41, 5.74) is 2.01. The van der Waals surface area contributed by atoms with Crippen molar-refractivity contribution in [3.63, 3.8) is 0 Å². The Morgan fingerprint density at radius 2 is 1.77 bits per heavy atom. The fourth-order valence-corrected chi connectivity index (χ4v) is 1.90.